The molecule has 1 aliphatic heterocycles. The first-order valence-electron chi connectivity index (χ1n) is 8.03. The second-order valence-electron chi connectivity index (χ2n) is 5.76. The molecule has 0 bridgehead atoms. The SMILES string of the molecule is Cc1cccc(OCCNC(=O)C2Oc3ccccc3OC2C)c1. The number of carbonyl (C=O) groups excluding carboxylic acids is 1. The van der Waals surface area contributed by atoms with Gasteiger partial charge in [-0.25, -0.2) is 0 Å². The highest BCUT2D eigenvalue weighted by Crippen LogP contribution is 2.33. The van der Waals surface area contributed by atoms with Crippen LogP contribution in [0.1, 0.15) is 12.5 Å². The molecule has 2 aromatic rings. The Kier molecular flexibility index (Phi) is 4.89. The van der Waals surface area contributed by atoms with Gasteiger partial charge in [-0.05, 0) is 43.7 Å². The normalized spacial score (nSPS) is 18.8. The van der Waals surface area contributed by atoms with Crippen molar-refractivity contribution in [1.82, 2.24) is 5.32 Å². The standard InChI is InChI=1S/C19H21NO4/c1-13-6-5-7-15(12-13)22-11-10-20-19(21)18-14(2)23-16-8-3-4-9-17(16)24-18/h3-9,12,14,18H,10-11H2,1-2H3,(H,20,21). The smallest absolute Gasteiger partial charge is 0.265 e. The summed E-state index contributed by atoms with van der Waals surface area (Å²) in [5.74, 6) is 1.84. The van der Waals surface area contributed by atoms with Crippen LogP contribution in [0.25, 0.3) is 0 Å². The van der Waals surface area contributed by atoms with Crippen molar-refractivity contribution in [3.05, 3.63) is 54.1 Å². The third-order valence-corrected chi connectivity index (χ3v) is 3.76. The largest absolute Gasteiger partial charge is 0.492 e. The Hall–Kier alpha value is -2.69. The van der Waals surface area contributed by atoms with Gasteiger partial charge in [-0.3, -0.25) is 4.79 Å². The Bertz CT molecular complexity index is 716. The number of amides is 1. The molecule has 1 heterocycles. The van der Waals surface area contributed by atoms with Gasteiger partial charge >= 0.3 is 0 Å². The molecule has 0 radical (unpaired) electrons. The summed E-state index contributed by atoms with van der Waals surface area (Å²) in [4.78, 5) is 12.3. The van der Waals surface area contributed by atoms with Gasteiger partial charge in [-0.2, -0.15) is 0 Å². The van der Waals surface area contributed by atoms with Crippen LogP contribution in [0.2, 0.25) is 0 Å². The molecule has 2 aromatic carbocycles. The highest BCUT2D eigenvalue weighted by atomic mass is 16.6. The van der Waals surface area contributed by atoms with Gasteiger partial charge in [0.1, 0.15) is 18.5 Å². The van der Waals surface area contributed by atoms with Crippen molar-refractivity contribution in [3.8, 4) is 17.2 Å². The van der Waals surface area contributed by atoms with E-state index < -0.39 is 6.10 Å². The summed E-state index contributed by atoms with van der Waals surface area (Å²) in [6.45, 7) is 4.63. The highest BCUT2D eigenvalue weighted by molar-refractivity contribution is 5.82. The lowest BCUT2D eigenvalue weighted by atomic mass is 10.1. The Morgan fingerprint density at radius 1 is 1.12 bits per heavy atom. The zero-order valence-electron chi connectivity index (χ0n) is 13.8. The minimum atomic E-state index is -0.668. The Balaban J connectivity index is 1.49. The maximum atomic E-state index is 12.3. The van der Waals surface area contributed by atoms with Crippen LogP contribution in [0.15, 0.2) is 48.5 Å². The fourth-order valence-corrected chi connectivity index (χ4v) is 2.56. The van der Waals surface area contributed by atoms with Crippen LogP contribution in [-0.2, 0) is 4.79 Å². The third-order valence-electron chi connectivity index (χ3n) is 3.76. The van der Waals surface area contributed by atoms with Crippen molar-refractivity contribution in [2.75, 3.05) is 13.2 Å². The van der Waals surface area contributed by atoms with Crippen LogP contribution in [0, 0.1) is 6.92 Å². The lowest BCUT2D eigenvalue weighted by Crippen LogP contribution is -2.49. The number of hydrogen-bond donors (Lipinski definition) is 1. The van der Waals surface area contributed by atoms with E-state index in [-0.39, 0.29) is 12.0 Å². The van der Waals surface area contributed by atoms with E-state index in [1.165, 1.54) is 0 Å². The Labute approximate surface area is 141 Å². The summed E-state index contributed by atoms with van der Waals surface area (Å²) in [7, 11) is 0. The first-order valence-corrected chi connectivity index (χ1v) is 8.03. The number of carbonyl (C=O) groups is 1. The van der Waals surface area contributed by atoms with Gasteiger partial charge in [-0.1, -0.05) is 24.3 Å². The summed E-state index contributed by atoms with van der Waals surface area (Å²) in [6, 6.07) is 15.1. The first kappa shape index (κ1) is 16.2. The van der Waals surface area contributed by atoms with E-state index in [2.05, 4.69) is 5.32 Å². The van der Waals surface area contributed by atoms with E-state index in [1.807, 2.05) is 56.3 Å². The molecule has 2 unspecified atom stereocenters. The number of aryl methyl sites for hydroxylation is 1. The number of ether oxygens (including phenoxy) is 3. The third kappa shape index (κ3) is 3.79. The number of rotatable bonds is 5. The molecule has 0 aliphatic carbocycles. The van der Waals surface area contributed by atoms with E-state index >= 15 is 0 Å². The van der Waals surface area contributed by atoms with Crippen molar-refractivity contribution in [1.29, 1.82) is 0 Å². The molecule has 1 amide bonds. The summed E-state index contributed by atoms with van der Waals surface area (Å²) >= 11 is 0. The zero-order chi connectivity index (χ0) is 16.9. The van der Waals surface area contributed by atoms with Crippen molar-refractivity contribution >= 4 is 5.91 Å². The van der Waals surface area contributed by atoms with Gasteiger partial charge in [0.15, 0.2) is 11.5 Å². The molecule has 0 saturated heterocycles. The topological polar surface area (TPSA) is 56.8 Å². The molecule has 3 rings (SSSR count). The van der Waals surface area contributed by atoms with E-state index in [4.69, 9.17) is 14.2 Å². The Morgan fingerprint density at radius 3 is 2.62 bits per heavy atom. The van der Waals surface area contributed by atoms with E-state index in [0.717, 1.165) is 11.3 Å². The lowest BCUT2D eigenvalue weighted by molar-refractivity contribution is -0.133. The Morgan fingerprint density at radius 2 is 1.88 bits per heavy atom. The lowest BCUT2D eigenvalue weighted by Gasteiger charge is -2.31. The minimum Gasteiger partial charge on any atom is -0.492 e. The molecule has 1 aliphatic rings. The molecular formula is C19H21NO4. The average Bonchev–Trinajstić information content (AvgIpc) is 2.58. The maximum absolute atomic E-state index is 12.3. The summed E-state index contributed by atoms with van der Waals surface area (Å²) in [5, 5.41) is 2.83. The van der Waals surface area contributed by atoms with Crippen molar-refractivity contribution < 1.29 is 19.0 Å². The minimum absolute atomic E-state index is 0.204. The van der Waals surface area contributed by atoms with Crippen molar-refractivity contribution in [3.63, 3.8) is 0 Å². The first-order chi connectivity index (χ1) is 11.6. The number of hydrogen-bond acceptors (Lipinski definition) is 4. The van der Waals surface area contributed by atoms with Crippen molar-refractivity contribution in [2.24, 2.45) is 0 Å². The van der Waals surface area contributed by atoms with Crippen LogP contribution in [0.4, 0.5) is 0 Å². The molecule has 5 heteroatoms. The second-order valence-corrected chi connectivity index (χ2v) is 5.76. The fraction of sp³-hybridized carbons (Fsp3) is 0.316. The molecule has 0 fully saturated rings. The predicted octanol–water partition coefficient (Wildman–Crippen LogP) is 2.72. The average molecular weight is 327 g/mol. The number of fused-ring (bicyclic) bond motifs is 1. The van der Waals surface area contributed by atoms with Gasteiger partial charge in [0.05, 0.1) is 6.54 Å². The van der Waals surface area contributed by atoms with Crippen LogP contribution in [0.5, 0.6) is 17.2 Å². The number of para-hydroxylation sites is 2. The molecule has 0 saturated carbocycles. The highest BCUT2D eigenvalue weighted by Gasteiger charge is 2.33. The van der Waals surface area contributed by atoms with Gasteiger partial charge in [0.25, 0.3) is 5.91 Å². The van der Waals surface area contributed by atoms with Crippen LogP contribution < -0.4 is 19.5 Å². The molecule has 126 valence electrons. The summed E-state index contributed by atoms with van der Waals surface area (Å²) < 4.78 is 17.1. The molecule has 0 aromatic heterocycles. The molecular weight excluding hydrogens is 306 g/mol. The quantitative estimate of drug-likeness (QED) is 0.858. The summed E-state index contributed by atoms with van der Waals surface area (Å²) in [6.07, 6.45) is -1.02. The van der Waals surface area contributed by atoms with Gasteiger partial charge in [0.2, 0.25) is 6.10 Å². The summed E-state index contributed by atoms with van der Waals surface area (Å²) in [5.41, 5.74) is 1.14. The maximum Gasteiger partial charge on any atom is 0.265 e. The van der Waals surface area contributed by atoms with Crippen LogP contribution in [0.3, 0.4) is 0 Å². The van der Waals surface area contributed by atoms with E-state index in [1.54, 1.807) is 6.07 Å². The number of nitrogens with one attached hydrogen (secondary N) is 1. The van der Waals surface area contributed by atoms with Gasteiger partial charge in [0, 0.05) is 0 Å². The second kappa shape index (κ2) is 7.25. The molecule has 0 spiro atoms. The van der Waals surface area contributed by atoms with Gasteiger partial charge < -0.3 is 19.5 Å². The van der Waals surface area contributed by atoms with E-state index in [0.29, 0.717) is 24.7 Å². The van der Waals surface area contributed by atoms with Crippen LogP contribution >= 0.6 is 0 Å². The van der Waals surface area contributed by atoms with Gasteiger partial charge in [-0.15, -0.1) is 0 Å². The predicted molar refractivity (Wildman–Crippen MR) is 90.6 cm³/mol. The molecule has 24 heavy (non-hydrogen) atoms. The molecule has 1 N–H and O–H groups in total. The molecule has 2 atom stereocenters. The zero-order valence-corrected chi connectivity index (χ0v) is 13.8. The fourth-order valence-electron chi connectivity index (χ4n) is 2.56. The number of benzene rings is 2. The van der Waals surface area contributed by atoms with Crippen LogP contribution in [-0.4, -0.2) is 31.3 Å². The molecule has 5 nitrogen and oxygen atoms in total. The monoisotopic (exact) mass is 327 g/mol. The van der Waals surface area contributed by atoms with E-state index in [9.17, 15) is 4.79 Å². The van der Waals surface area contributed by atoms with Crippen molar-refractivity contribution in [2.45, 2.75) is 26.1 Å².